The van der Waals surface area contributed by atoms with Crippen molar-refractivity contribution < 1.29 is 13.2 Å². The number of thiophene rings is 1. The van der Waals surface area contributed by atoms with Crippen molar-refractivity contribution in [3.8, 4) is 5.69 Å². The SMILES string of the molecule is Cc1nn(-c2ccccc2)c(N2CCCC2)c1C=NNC(=O)c1ccc(NS(=O)(=O)c2cccs2)cc1. The molecule has 2 aromatic carbocycles. The molecule has 0 spiro atoms. The first-order valence-electron chi connectivity index (χ1n) is 11.8. The van der Waals surface area contributed by atoms with Gasteiger partial charge in [-0.05, 0) is 67.6 Å². The van der Waals surface area contributed by atoms with Gasteiger partial charge in [0.2, 0.25) is 0 Å². The fourth-order valence-corrected chi connectivity index (χ4v) is 6.24. The summed E-state index contributed by atoms with van der Waals surface area (Å²) in [4.78, 5) is 15.0. The van der Waals surface area contributed by atoms with Crippen LogP contribution in [0.1, 0.15) is 34.5 Å². The highest BCUT2D eigenvalue weighted by Gasteiger charge is 2.23. The minimum absolute atomic E-state index is 0.225. The van der Waals surface area contributed by atoms with Crippen LogP contribution in [0.5, 0.6) is 0 Å². The van der Waals surface area contributed by atoms with Crippen molar-refractivity contribution in [2.24, 2.45) is 5.10 Å². The van der Waals surface area contributed by atoms with E-state index in [0.717, 1.165) is 60.0 Å². The second kappa shape index (κ2) is 10.6. The third-order valence-electron chi connectivity index (χ3n) is 6.01. The average molecular weight is 535 g/mol. The summed E-state index contributed by atoms with van der Waals surface area (Å²) in [5.74, 6) is 0.557. The zero-order valence-corrected chi connectivity index (χ0v) is 21.8. The predicted molar refractivity (Wildman–Crippen MR) is 146 cm³/mol. The van der Waals surface area contributed by atoms with Crippen molar-refractivity contribution in [1.82, 2.24) is 15.2 Å². The summed E-state index contributed by atoms with van der Waals surface area (Å²) in [6.07, 6.45) is 3.87. The van der Waals surface area contributed by atoms with E-state index in [1.54, 1.807) is 41.9 Å². The standard InChI is InChI=1S/C26H26N6O3S2/c1-19-23(26(31-15-5-6-16-31)32(29-19)22-8-3-2-4-9-22)18-27-28-25(33)20-11-13-21(14-12-20)30-37(34,35)24-10-7-17-36-24/h2-4,7-14,17-18,30H,5-6,15-16H2,1H3,(H,28,33). The van der Waals surface area contributed by atoms with Crippen LogP contribution in [0.4, 0.5) is 11.5 Å². The van der Waals surface area contributed by atoms with Gasteiger partial charge in [-0.15, -0.1) is 11.3 Å². The van der Waals surface area contributed by atoms with Crippen LogP contribution in [-0.2, 0) is 10.0 Å². The summed E-state index contributed by atoms with van der Waals surface area (Å²) in [6, 6.07) is 19.3. The minimum Gasteiger partial charge on any atom is -0.356 e. The van der Waals surface area contributed by atoms with Crippen LogP contribution >= 0.6 is 11.3 Å². The number of sulfonamides is 1. The van der Waals surface area contributed by atoms with Gasteiger partial charge < -0.3 is 4.90 Å². The first-order chi connectivity index (χ1) is 17.9. The van der Waals surface area contributed by atoms with Gasteiger partial charge in [0.25, 0.3) is 15.9 Å². The summed E-state index contributed by atoms with van der Waals surface area (Å²) >= 11 is 1.13. The van der Waals surface area contributed by atoms with Crippen molar-refractivity contribution in [2.45, 2.75) is 24.0 Å². The molecule has 1 amide bonds. The van der Waals surface area contributed by atoms with Gasteiger partial charge in [0.1, 0.15) is 10.0 Å². The van der Waals surface area contributed by atoms with E-state index in [2.05, 4.69) is 20.1 Å². The Morgan fingerprint density at radius 1 is 1.03 bits per heavy atom. The van der Waals surface area contributed by atoms with Gasteiger partial charge in [-0.2, -0.15) is 10.2 Å². The smallest absolute Gasteiger partial charge is 0.271 e. The van der Waals surface area contributed by atoms with E-state index in [0.29, 0.717) is 11.3 Å². The average Bonchev–Trinajstić information content (AvgIpc) is 3.67. The molecule has 0 atom stereocenters. The minimum atomic E-state index is -3.65. The van der Waals surface area contributed by atoms with E-state index >= 15 is 0 Å². The molecule has 11 heteroatoms. The first kappa shape index (κ1) is 24.7. The number of hydrazone groups is 1. The maximum atomic E-state index is 12.7. The molecule has 3 heterocycles. The molecule has 0 aliphatic carbocycles. The lowest BCUT2D eigenvalue weighted by molar-refractivity contribution is 0.0955. The topological polar surface area (TPSA) is 109 Å². The van der Waals surface area contributed by atoms with Crippen molar-refractivity contribution in [1.29, 1.82) is 0 Å². The molecule has 0 radical (unpaired) electrons. The van der Waals surface area contributed by atoms with Crippen LogP contribution in [0.15, 0.2) is 81.4 Å². The molecule has 1 aliphatic heterocycles. The maximum absolute atomic E-state index is 12.7. The predicted octanol–water partition coefficient (Wildman–Crippen LogP) is 4.41. The highest BCUT2D eigenvalue weighted by Crippen LogP contribution is 2.29. The Balaban J connectivity index is 1.31. The molecule has 0 saturated carbocycles. The normalized spacial score (nSPS) is 13.8. The molecule has 1 saturated heterocycles. The molecule has 4 aromatic rings. The summed E-state index contributed by atoms with van der Waals surface area (Å²) in [5, 5.41) is 10.7. The van der Waals surface area contributed by atoms with Crippen LogP contribution in [0.2, 0.25) is 0 Å². The van der Waals surface area contributed by atoms with E-state index in [9.17, 15) is 13.2 Å². The van der Waals surface area contributed by atoms with Gasteiger partial charge >= 0.3 is 0 Å². The summed E-state index contributed by atoms with van der Waals surface area (Å²) in [7, 11) is -3.65. The first-order valence-corrected chi connectivity index (χ1v) is 14.2. The molecule has 0 unspecified atom stereocenters. The Morgan fingerprint density at radius 3 is 2.43 bits per heavy atom. The number of carbonyl (C=O) groups excluding carboxylic acids is 1. The third kappa shape index (κ3) is 5.42. The van der Waals surface area contributed by atoms with Crippen molar-refractivity contribution in [3.05, 3.63) is 88.9 Å². The van der Waals surface area contributed by atoms with Gasteiger partial charge in [0, 0.05) is 24.3 Å². The van der Waals surface area contributed by atoms with Gasteiger partial charge in [0.05, 0.1) is 23.2 Å². The van der Waals surface area contributed by atoms with Crippen molar-refractivity contribution in [2.75, 3.05) is 22.7 Å². The van der Waals surface area contributed by atoms with Crippen LogP contribution in [0.3, 0.4) is 0 Å². The fraction of sp³-hybridized carbons (Fsp3) is 0.192. The number of aryl methyl sites for hydroxylation is 1. The number of nitrogens with zero attached hydrogens (tertiary/aromatic N) is 4. The van der Waals surface area contributed by atoms with Gasteiger partial charge in [-0.25, -0.2) is 18.5 Å². The molecule has 5 rings (SSSR count). The Morgan fingerprint density at radius 2 is 1.76 bits per heavy atom. The van der Waals surface area contributed by atoms with Crippen LogP contribution < -0.4 is 15.0 Å². The van der Waals surface area contributed by atoms with E-state index in [1.165, 1.54) is 6.07 Å². The van der Waals surface area contributed by atoms with E-state index < -0.39 is 15.9 Å². The molecule has 0 bridgehead atoms. The Hall–Kier alpha value is -3.96. The van der Waals surface area contributed by atoms with Crippen LogP contribution in [0.25, 0.3) is 5.69 Å². The zero-order chi connectivity index (χ0) is 25.8. The van der Waals surface area contributed by atoms with E-state index in [4.69, 9.17) is 5.10 Å². The Bertz CT molecular complexity index is 1510. The molecule has 1 fully saturated rings. The fourth-order valence-electron chi connectivity index (χ4n) is 4.19. The largest absolute Gasteiger partial charge is 0.356 e. The number of rotatable bonds is 8. The summed E-state index contributed by atoms with van der Waals surface area (Å²) < 4.78 is 29.5. The molecular weight excluding hydrogens is 508 g/mol. The van der Waals surface area contributed by atoms with Gasteiger partial charge in [0.15, 0.2) is 0 Å². The Kier molecular flexibility index (Phi) is 7.06. The molecule has 37 heavy (non-hydrogen) atoms. The lowest BCUT2D eigenvalue weighted by Crippen LogP contribution is -2.23. The lowest BCUT2D eigenvalue weighted by Gasteiger charge is -2.20. The second-order valence-corrected chi connectivity index (χ2v) is 11.4. The van der Waals surface area contributed by atoms with Crippen LogP contribution in [0, 0.1) is 6.92 Å². The highest BCUT2D eigenvalue weighted by atomic mass is 32.2. The van der Waals surface area contributed by atoms with Gasteiger partial charge in [-0.3, -0.25) is 9.52 Å². The monoisotopic (exact) mass is 534 g/mol. The number of hydrogen-bond donors (Lipinski definition) is 2. The van der Waals surface area contributed by atoms with E-state index in [1.807, 2.05) is 41.9 Å². The molecule has 2 N–H and O–H groups in total. The number of aromatic nitrogens is 2. The number of benzene rings is 2. The molecule has 1 aliphatic rings. The summed E-state index contributed by atoms with van der Waals surface area (Å²) in [6.45, 7) is 3.81. The summed E-state index contributed by atoms with van der Waals surface area (Å²) in [5.41, 5.74) is 5.92. The van der Waals surface area contributed by atoms with Crippen molar-refractivity contribution in [3.63, 3.8) is 0 Å². The maximum Gasteiger partial charge on any atom is 0.271 e. The number of para-hydroxylation sites is 1. The number of nitrogens with one attached hydrogen (secondary N) is 2. The quantitative estimate of drug-likeness (QED) is 0.257. The number of hydrogen-bond acceptors (Lipinski definition) is 7. The molecule has 190 valence electrons. The molecular formula is C26H26N6O3S2. The number of anilines is 2. The zero-order valence-electron chi connectivity index (χ0n) is 20.2. The lowest BCUT2D eigenvalue weighted by atomic mass is 10.2. The van der Waals surface area contributed by atoms with Gasteiger partial charge in [-0.1, -0.05) is 24.3 Å². The number of amides is 1. The number of carbonyl (C=O) groups is 1. The second-order valence-electron chi connectivity index (χ2n) is 8.58. The third-order valence-corrected chi connectivity index (χ3v) is 8.79. The Labute approximate surface area is 219 Å². The van der Waals surface area contributed by atoms with Crippen molar-refractivity contribution >= 4 is 45.0 Å². The van der Waals surface area contributed by atoms with E-state index in [-0.39, 0.29) is 4.21 Å². The molecule has 9 nitrogen and oxygen atoms in total. The molecule has 2 aromatic heterocycles. The highest BCUT2D eigenvalue weighted by molar-refractivity contribution is 7.94. The van der Waals surface area contributed by atoms with Crippen LogP contribution in [-0.4, -0.2) is 43.4 Å².